The summed E-state index contributed by atoms with van der Waals surface area (Å²) in [5.41, 5.74) is 1.98. The van der Waals surface area contributed by atoms with E-state index in [0.717, 1.165) is 40.4 Å². The Labute approximate surface area is 144 Å². The van der Waals surface area contributed by atoms with Crippen molar-refractivity contribution in [1.29, 1.82) is 0 Å². The van der Waals surface area contributed by atoms with E-state index in [1.165, 1.54) is 12.1 Å². The molecule has 124 valence electrons. The predicted molar refractivity (Wildman–Crippen MR) is 92.5 cm³/mol. The van der Waals surface area contributed by atoms with E-state index < -0.39 is 0 Å². The molecule has 0 bridgehead atoms. The van der Waals surface area contributed by atoms with Gasteiger partial charge in [0.05, 0.1) is 23.2 Å². The van der Waals surface area contributed by atoms with Gasteiger partial charge in [-0.15, -0.1) is 23.7 Å². The number of nitrogens with zero attached hydrogens (tertiary/aromatic N) is 1. The van der Waals surface area contributed by atoms with Crippen LogP contribution in [0.1, 0.15) is 29.5 Å². The summed E-state index contributed by atoms with van der Waals surface area (Å²) < 4.78 is 13.0. The summed E-state index contributed by atoms with van der Waals surface area (Å²) in [5, 5.41) is 6.81. The second-order valence-corrected chi connectivity index (χ2v) is 6.41. The van der Waals surface area contributed by atoms with Crippen molar-refractivity contribution in [2.24, 2.45) is 0 Å². The molecule has 1 heterocycles. The van der Waals surface area contributed by atoms with Crippen LogP contribution in [-0.2, 0) is 11.2 Å². The monoisotopic (exact) mass is 355 g/mol. The molecule has 0 spiro atoms. The van der Waals surface area contributed by atoms with Crippen molar-refractivity contribution in [1.82, 2.24) is 15.6 Å². The third kappa shape index (κ3) is 4.07. The van der Waals surface area contributed by atoms with Crippen molar-refractivity contribution >= 4 is 29.7 Å². The first kappa shape index (κ1) is 17.8. The first-order valence-electron chi connectivity index (χ1n) is 7.37. The maximum atomic E-state index is 13.0. The number of halogens is 2. The Morgan fingerprint density at radius 3 is 2.83 bits per heavy atom. The van der Waals surface area contributed by atoms with Crippen molar-refractivity contribution in [2.75, 3.05) is 13.6 Å². The molecule has 1 aliphatic rings. The number of aryl methyl sites for hydroxylation is 1. The third-order valence-corrected chi connectivity index (χ3v) is 4.97. The van der Waals surface area contributed by atoms with Gasteiger partial charge >= 0.3 is 0 Å². The molecule has 1 aromatic heterocycles. The highest BCUT2D eigenvalue weighted by Crippen LogP contribution is 2.37. The summed E-state index contributed by atoms with van der Waals surface area (Å²) >= 11 is 1.59. The summed E-state index contributed by atoms with van der Waals surface area (Å²) in [5.74, 6) is -0.251. The van der Waals surface area contributed by atoms with E-state index >= 15 is 0 Å². The van der Waals surface area contributed by atoms with Crippen molar-refractivity contribution in [2.45, 2.75) is 25.3 Å². The zero-order valence-corrected chi connectivity index (χ0v) is 14.4. The standard InChI is InChI=1S/C16H18FN3OS.ClH/c1-18-9-14(21)19-12-3-2-4-13-15(12)22-16(20-13)10-5-7-11(17)8-6-10;/h5-8,12,18H,2-4,9H2,1H3,(H,19,21);1H. The number of hydrogen-bond donors (Lipinski definition) is 2. The van der Waals surface area contributed by atoms with Gasteiger partial charge in [-0.1, -0.05) is 0 Å². The molecular formula is C16H19ClFN3OS. The Morgan fingerprint density at radius 2 is 2.13 bits per heavy atom. The van der Waals surface area contributed by atoms with Gasteiger partial charge in [0.25, 0.3) is 0 Å². The van der Waals surface area contributed by atoms with Crippen molar-refractivity contribution in [3.05, 3.63) is 40.7 Å². The fourth-order valence-electron chi connectivity index (χ4n) is 2.68. The Balaban J connectivity index is 0.00000192. The highest BCUT2D eigenvalue weighted by molar-refractivity contribution is 7.15. The van der Waals surface area contributed by atoms with Crippen LogP contribution in [0.25, 0.3) is 10.6 Å². The van der Waals surface area contributed by atoms with E-state index in [0.29, 0.717) is 6.54 Å². The number of rotatable bonds is 4. The highest BCUT2D eigenvalue weighted by Gasteiger charge is 2.26. The Kier molecular flexibility index (Phi) is 6.10. The normalized spacial score (nSPS) is 16.3. The lowest BCUT2D eigenvalue weighted by atomic mass is 9.98. The van der Waals surface area contributed by atoms with E-state index in [1.54, 1.807) is 30.5 Å². The van der Waals surface area contributed by atoms with Gasteiger partial charge in [0.15, 0.2) is 0 Å². The molecule has 1 atom stereocenters. The fourth-order valence-corrected chi connectivity index (χ4v) is 3.88. The zero-order valence-electron chi connectivity index (χ0n) is 12.8. The zero-order chi connectivity index (χ0) is 15.5. The minimum Gasteiger partial charge on any atom is -0.347 e. The lowest BCUT2D eigenvalue weighted by Gasteiger charge is -2.22. The maximum Gasteiger partial charge on any atom is 0.234 e. The van der Waals surface area contributed by atoms with Crippen LogP contribution in [-0.4, -0.2) is 24.5 Å². The number of amides is 1. The fraction of sp³-hybridized carbons (Fsp3) is 0.375. The lowest BCUT2D eigenvalue weighted by molar-refractivity contribution is -0.121. The first-order valence-corrected chi connectivity index (χ1v) is 8.18. The average molecular weight is 356 g/mol. The van der Waals surface area contributed by atoms with Crippen LogP contribution in [0.4, 0.5) is 4.39 Å². The van der Waals surface area contributed by atoms with E-state index in [4.69, 9.17) is 0 Å². The van der Waals surface area contributed by atoms with Gasteiger partial charge in [0.2, 0.25) is 5.91 Å². The number of nitrogens with one attached hydrogen (secondary N) is 2. The van der Waals surface area contributed by atoms with Crippen molar-refractivity contribution < 1.29 is 9.18 Å². The minimum atomic E-state index is -0.248. The van der Waals surface area contributed by atoms with Crippen LogP contribution in [0.2, 0.25) is 0 Å². The molecule has 7 heteroatoms. The Bertz CT molecular complexity index is 674. The summed E-state index contributed by atoms with van der Waals surface area (Å²) in [7, 11) is 1.76. The van der Waals surface area contributed by atoms with Crippen LogP contribution < -0.4 is 10.6 Å². The number of likely N-dealkylation sites (N-methyl/N-ethyl adjacent to an activating group) is 1. The van der Waals surface area contributed by atoms with E-state index in [9.17, 15) is 9.18 Å². The van der Waals surface area contributed by atoms with Gasteiger partial charge in [0.1, 0.15) is 10.8 Å². The SMILES string of the molecule is CNCC(=O)NC1CCCc2nc(-c3ccc(F)cc3)sc21.Cl. The van der Waals surface area contributed by atoms with Crippen LogP contribution in [0.5, 0.6) is 0 Å². The summed E-state index contributed by atoms with van der Waals surface area (Å²) in [4.78, 5) is 17.6. The molecule has 0 saturated heterocycles. The summed E-state index contributed by atoms with van der Waals surface area (Å²) in [6, 6.07) is 6.42. The minimum absolute atomic E-state index is 0. The van der Waals surface area contributed by atoms with Gasteiger partial charge in [-0.25, -0.2) is 9.37 Å². The first-order chi connectivity index (χ1) is 10.7. The molecule has 1 aliphatic carbocycles. The van der Waals surface area contributed by atoms with E-state index in [2.05, 4.69) is 15.6 Å². The van der Waals surface area contributed by atoms with Gasteiger partial charge in [-0.05, 0) is 50.6 Å². The topological polar surface area (TPSA) is 54.0 Å². The van der Waals surface area contributed by atoms with Gasteiger partial charge in [-0.3, -0.25) is 4.79 Å². The Morgan fingerprint density at radius 1 is 1.39 bits per heavy atom. The quantitative estimate of drug-likeness (QED) is 0.886. The second-order valence-electron chi connectivity index (χ2n) is 5.38. The largest absolute Gasteiger partial charge is 0.347 e. The molecular weight excluding hydrogens is 337 g/mol. The van der Waals surface area contributed by atoms with E-state index in [-0.39, 0.29) is 30.2 Å². The molecule has 1 amide bonds. The molecule has 0 saturated carbocycles. The molecule has 2 aromatic rings. The average Bonchev–Trinajstić information content (AvgIpc) is 2.93. The predicted octanol–water partition coefficient (Wildman–Crippen LogP) is 3.08. The summed E-state index contributed by atoms with van der Waals surface area (Å²) in [6.07, 6.45) is 2.89. The number of hydrogen-bond acceptors (Lipinski definition) is 4. The molecule has 23 heavy (non-hydrogen) atoms. The lowest BCUT2D eigenvalue weighted by Crippen LogP contribution is -2.36. The number of thiazole rings is 1. The number of carbonyl (C=O) groups is 1. The molecule has 1 aromatic carbocycles. The van der Waals surface area contributed by atoms with Gasteiger partial charge in [-0.2, -0.15) is 0 Å². The van der Waals surface area contributed by atoms with Crippen LogP contribution in [0, 0.1) is 5.82 Å². The number of carbonyl (C=O) groups excluding carboxylic acids is 1. The summed E-state index contributed by atoms with van der Waals surface area (Å²) in [6.45, 7) is 0.315. The molecule has 3 rings (SSSR count). The molecule has 0 aliphatic heterocycles. The Hall–Kier alpha value is -1.50. The molecule has 0 radical (unpaired) electrons. The highest BCUT2D eigenvalue weighted by atomic mass is 35.5. The van der Waals surface area contributed by atoms with Crippen LogP contribution >= 0.6 is 23.7 Å². The number of aromatic nitrogens is 1. The molecule has 1 unspecified atom stereocenters. The third-order valence-electron chi connectivity index (χ3n) is 3.71. The second kappa shape index (κ2) is 7.86. The number of fused-ring (bicyclic) bond motifs is 1. The van der Waals surface area contributed by atoms with E-state index in [1.807, 2.05) is 0 Å². The van der Waals surface area contributed by atoms with Crippen molar-refractivity contribution in [3.8, 4) is 10.6 Å². The number of benzene rings is 1. The molecule has 2 N–H and O–H groups in total. The van der Waals surface area contributed by atoms with Crippen LogP contribution in [0.15, 0.2) is 24.3 Å². The van der Waals surface area contributed by atoms with Gasteiger partial charge in [0, 0.05) is 5.56 Å². The van der Waals surface area contributed by atoms with Gasteiger partial charge < -0.3 is 10.6 Å². The van der Waals surface area contributed by atoms with Crippen LogP contribution in [0.3, 0.4) is 0 Å². The van der Waals surface area contributed by atoms with Crippen molar-refractivity contribution in [3.63, 3.8) is 0 Å². The smallest absolute Gasteiger partial charge is 0.234 e. The maximum absolute atomic E-state index is 13.0. The molecule has 0 fully saturated rings. The molecule has 4 nitrogen and oxygen atoms in total.